The Morgan fingerprint density at radius 2 is 1.79 bits per heavy atom. The number of amides is 1. The van der Waals surface area contributed by atoms with Crippen LogP contribution in [0.3, 0.4) is 0 Å². The second-order valence-corrected chi connectivity index (χ2v) is 6.52. The van der Waals surface area contributed by atoms with Crippen molar-refractivity contribution in [3.63, 3.8) is 0 Å². The highest BCUT2D eigenvalue weighted by Gasteiger charge is 2.06. The first-order chi connectivity index (χ1) is 14.0. The van der Waals surface area contributed by atoms with Crippen LogP contribution in [0.4, 0.5) is 0 Å². The SMILES string of the molecule is C/C=N\OCc1ccc(OCC(=O)NCCOCCOCCC(=O)C(C)C)cc1.[HH]. The lowest BCUT2D eigenvalue weighted by molar-refractivity contribution is -0.123. The Morgan fingerprint density at radius 1 is 1.10 bits per heavy atom. The zero-order valence-corrected chi connectivity index (χ0v) is 17.5. The number of ether oxygens (including phenoxy) is 3. The smallest absolute Gasteiger partial charge is 0.258 e. The van der Waals surface area contributed by atoms with E-state index in [0.717, 1.165) is 5.56 Å². The Hall–Kier alpha value is -2.45. The first-order valence-corrected chi connectivity index (χ1v) is 9.79. The zero-order valence-electron chi connectivity index (χ0n) is 17.5. The summed E-state index contributed by atoms with van der Waals surface area (Å²) in [5.74, 6) is 0.624. The predicted octanol–water partition coefficient (Wildman–Crippen LogP) is 2.60. The average Bonchev–Trinajstić information content (AvgIpc) is 2.71. The minimum absolute atomic E-state index is 0. The normalized spacial score (nSPS) is 11.0. The van der Waals surface area contributed by atoms with Gasteiger partial charge in [-0.15, -0.1) is 0 Å². The highest BCUT2D eigenvalue weighted by molar-refractivity contribution is 5.80. The van der Waals surface area contributed by atoms with Crippen molar-refractivity contribution >= 4 is 17.9 Å². The van der Waals surface area contributed by atoms with E-state index in [0.29, 0.717) is 51.7 Å². The van der Waals surface area contributed by atoms with Gasteiger partial charge in [0.15, 0.2) is 6.61 Å². The summed E-state index contributed by atoms with van der Waals surface area (Å²) in [6.07, 6.45) is 2.00. The van der Waals surface area contributed by atoms with Crippen LogP contribution in [0.2, 0.25) is 0 Å². The van der Waals surface area contributed by atoms with Crippen molar-refractivity contribution in [1.29, 1.82) is 0 Å². The summed E-state index contributed by atoms with van der Waals surface area (Å²) < 4.78 is 16.1. The fraction of sp³-hybridized carbons (Fsp3) is 0.571. The maximum atomic E-state index is 11.8. The first-order valence-electron chi connectivity index (χ1n) is 9.79. The van der Waals surface area contributed by atoms with Crippen LogP contribution < -0.4 is 10.1 Å². The molecule has 1 aromatic rings. The van der Waals surface area contributed by atoms with E-state index in [9.17, 15) is 9.59 Å². The van der Waals surface area contributed by atoms with Crippen molar-refractivity contribution in [2.75, 3.05) is 39.6 Å². The standard InChI is InChI=1S/C21H32N2O6.H2/c1-4-23-29-15-18-5-7-19(8-6-18)28-16-21(25)22-10-12-27-14-13-26-11-9-20(24)17(2)3;/h4-8,17H,9-16H2,1-3H3,(H,22,25);1H/b23-4-;. The summed E-state index contributed by atoms with van der Waals surface area (Å²) >= 11 is 0. The molecule has 8 heteroatoms. The van der Waals surface area contributed by atoms with Crippen LogP contribution in [0.25, 0.3) is 0 Å². The number of oxime groups is 1. The van der Waals surface area contributed by atoms with Gasteiger partial charge in [0.1, 0.15) is 18.1 Å². The summed E-state index contributed by atoms with van der Waals surface area (Å²) in [4.78, 5) is 28.2. The van der Waals surface area contributed by atoms with E-state index in [1.807, 2.05) is 26.0 Å². The number of nitrogens with one attached hydrogen (secondary N) is 1. The third kappa shape index (κ3) is 12.6. The van der Waals surface area contributed by atoms with Crippen molar-refractivity contribution in [3.8, 4) is 5.75 Å². The van der Waals surface area contributed by atoms with Gasteiger partial charge >= 0.3 is 0 Å². The lowest BCUT2D eigenvalue weighted by atomic mass is 10.1. The fourth-order valence-electron chi connectivity index (χ4n) is 2.11. The molecule has 0 saturated carbocycles. The van der Waals surface area contributed by atoms with Gasteiger partial charge in [0.2, 0.25) is 0 Å². The molecule has 0 aromatic heterocycles. The number of Topliss-reactive ketones (excluding diaryl/α,β-unsaturated/α-hetero) is 1. The number of benzene rings is 1. The third-order valence-electron chi connectivity index (χ3n) is 3.78. The highest BCUT2D eigenvalue weighted by atomic mass is 16.6. The highest BCUT2D eigenvalue weighted by Crippen LogP contribution is 2.12. The Bertz CT molecular complexity index is 622. The molecule has 1 N–H and O–H groups in total. The molecule has 0 aliphatic rings. The van der Waals surface area contributed by atoms with E-state index >= 15 is 0 Å². The molecule has 0 atom stereocenters. The molecule has 0 radical (unpaired) electrons. The van der Waals surface area contributed by atoms with Crippen LogP contribution in [0.1, 0.15) is 34.2 Å². The van der Waals surface area contributed by atoms with E-state index in [2.05, 4.69) is 10.5 Å². The Morgan fingerprint density at radius 3 is 2.45 bits per heavy atom. The molecule has 1 rings (SSSR count). The van der Waals surface area contributed by atoms with Crippen LogP contribution >= 0.6 is 0 Å². The Balaban J connectivity index is 0.00000841. The molecule has 1 aromatic carbocycles. The molecule has 8 nitrogen and oxygen atoms in total. The Kier molecular flexibility index (Phi) is 13.1. The topological polar surface area (TPSA) is 95.5 Å². The monoisotopic (exact) mass is 410 g/mol. The second-order valence-electron chi connectivity index (χ2n) is 6.52. The van der Waals surface area contributed by atoms with Gasteiger partial charge in [0.25, 0.3) is 5.91 Å². The fourth-order valence-corrected chi connectivity index (χ4v) is 2.11. The average molecular weight is 411 g/mol. The van der Waals surface area contributed by atoms with Gasteiger partial charge in [-0.3, -0.25) is 9.59 Å². The van der Waals surface area contributed by atoms with E-state index in [1.165, 1.54) is 0 Å². The predicted molar refractivity (Wildman–Crippen MR) is 112 cm³/mol. The Labute approximate surface area is 174 Å². The molecule has 0 bridgehead atoms. The lowest BCUT2D eigenvalue weighted by Crippen LogP contribution is -2.31. The largest absolute Gasteiger partial charge is 0.484 e. The molecular weight excluding hydrogens is 376 g/mol. The lowest BCUT2D eigenvalue weighted by Gasteiger charge is -2.09. The van der Waals surface area contributed by atoms with Crippen LogP contribution in [-0.2, 0) is 30.5 Å². The van der Waals surface area contributed by atoms with Gasteiger partial charge in [-0.1, -0.05) is 31.1 Å². The third-order valence-corrected chi connectivity index (χ3v) is 3.78. The summed E-state index contributed by atoms with van der Waals surface area (Å²) in [6.45, 7) is 7.88. The molecule has 0 aliphatic carbocycles. The van der Waals surface area contributed by atoms with Crippen molar-refractivity contribution in [2.45, 2.75) is 33.8 Å². The maximum Gasteiger partial charge on any atom is 0.258 e. The quantitative estimate of drug-likeness (QED) is 0.256. The second kappa shape index (κ2) is 15.5. The summed E-state index contributed by atoms with van der Waals surface area (Å²) in [5.41, 5.74) is 0.958. The van der Waals surface area contributed by atoms with Gasteiger partial charge < -0.3 is 24.4 Å². The molecular formula is C21H34N2O6. The molecule has 164 valence electrons. The minimum Gasteiger partial charge on any atom is -0.484 e. The van der Waals surface area contributed by atoms with Crippen molar-refractivity contribution in [2.24, 2.45) is 11.1 Å². The van der Waals surface area contributed by atoms with Gasteiger partial charge in [0.05, 0.1) is 26.4 Å². The molecule has 1 amide bonds. The zero-order chi connectivity index (χ0) is 21.3. The summed E-state index contributed by atoms with van der Waals surface area (Å²) in [6, 6.07) is 7.26. The molecule has 29 heavy (non-hydrogen) atoms. The van der Waals surface area contributed by atoms with Crippen LogP contribution in [-0.4, -0.2) is 57.5 Å². The van der Waals surface area contributed by atoms with Gasteiger partial charge in [-0.25, -0.2) is 0 Å². The maximum absolute atomic E-state index is 11.8. The van der Waals surface area contributed by atoms with Crippen molar-refractivity contribution < 1.29 is 30.1 Å². The number of hydrogen-bond acceptors (Lipinski definition) is 7. The van der Waals surface area contributed by atoms with Crippen LogP contribution in [0.15, 0.2) is 29.4 Å². The molecule has 0 fully saturated rings. The number of carbonyl (C=O) groups is 2. The van der Waals surface area contributed by atoms with Gasteiger partial charge in [0, 0.05) is 26.5 Å². The number of carbonyl (C=O) groups excluding carboxylic acids is 2. The number of nitrogens with zero attached hydrogens (tertiary/aromatic N) is 1. The van der Waals surface area contributed by atoms with Gasteiger partial charge in [-0.2, -0.15) is 0 Å². The van der Waals surface area contributed by atoms with E-state index < -0.39 is 0 Å². The summed E-state index contributed by atoms with van der Waals surface area (Å²) in [7, 11) is 0. The number of ketones is 1. The molecule has 0 spiro atoms. The molecule has 0 saturated heterocycles. The van der Waals surface area contributed by atoms with E-state index in [1.54, 1.807) is 25.3 Å². The van der Waals surface area contributed by atoms with Gasteiger partial charge in [-0.05, 0) is 24.6 Å². The van der Waals surface area contributed by atoms with Crippen LogP contribution in [0.5, 0.6) is 5.75 Å². The van der Waals surface area contributed by atoms with E-state index in [-0.39, 0.29) is 25.6 Å². The van der Waals surface area contributed by atoms with E-state index in [4.69, 9.17) is 19.0 Å². The minimum atomic E-state index is -0.221. The van der Waals surface area contributed by atoms with Crippen LogP contribution in [0, 0.1) is 5.92 Å². The summed E-state index contributed by atoms with van der Waals surface area (Å²) in [5, 5.41) is 6.40. The molecule has 0 heterocycles. The van der Waals surface area contributed by atoms with Crippen molar-refractivity contribution in [1.82, 2.24) is 5.32 Å². The number of hydrogen-bond donors (Lipinski definition) is 1. The van der Waals surface area contributed by atoms with Crippen molar-refractivity contribution in [3.05, 3.63) is 29.8 Å². The number of rotatable bonds is 16. The first kappa shape index (κ1) is 24.6. The molecule has 0 unspecified atom stereocenters. The molecule has 0 aliphatic heterocycles.